The predicted octanol–water partition coefficient (Wildman–Crippen LogP) is 3.97. The van der Waals surface area contributed by atoms with E-state index >= 15 is 0 Å². The summed E-state index contributed by atoms with van der Waals surface area (Å²) in [6, 6.07) is 13.9. The molecule has 1 fully saturated rings. The van der Waals surface area contributed by atoms with Crippen molar-refractivity contribution in [3.8, 4) is 0 Å². The van der Waals surface area contributed by atoms with E-state index < -0.39 is 0 Å². The molecule has 4 nitrogen and oxygen atoms in total. The largest absolute Gasteiger partial charge is 0.467 e. The molecule has 1 unspecified atom stereocenters. The molecule has 0 aliphatic carbocycles. The third-order valence-electron chi connectivity index (χ3n) is 4.06. The summed E-state index contributed by atoms with van der Waals surface area (Å²) < 4.78 is 11.1. The molecular weight excluding hydrogens is 322 g/mol. The normalized spacial score (nSPS) is 17.1. The molecule has 1 aliphatic heterocycles. The van der Waals surface area contributed by atoms with Crippen molar-refractivity contribution in [1.82, 2.24) is 4.90 Å². The Morgan fingerprint density at radius 3 is 2.79 bits per heavy atom. The van der Waals surface area contributed by atoms with Gasteiger partial charge in [-0.1, -0.05) is 18.2 Å². The maximum absolute atomic E-state index is 12.7. The predicted molar refractivity (Wildman–Crippen MR) is 94.9 cm³/mol. The van der Waals surface area contributed by atoms with E-state index in [4.69, 9.17) is 9.15 Å². The van der Waals surface area contributed by atoms with Crippen molar-refractivity contribution >= 4 is 17.7 Å². The first-order chi connectivity index (χ1) is 11.8. The number of nitrogens with zero attached hydrogens (tertiary/aromatic N) is 1. The van der Waals surface area contributed by atoms with Crippen LogP contribution in [-0.4, -0.2) is 35.8 Å². The number of ether oxygens (including phenoxy) is 1. The van der Waals surface area contributed by atoms with E-state index in [2.05, 4.69) is 12.1 Å². The molecular formula is C19H23NO3S. The molecule has 1 aromatic heterocycles. The highest BCUT2D eigenvalue weighted by Gasteiger charge is 2.23. The van der Waals surface area contributed by atoms with Crippen LogP contribution in [0.2, 0.25) is 0 Å². The summed E-state index contributed by atoms with van der Waals surface area (Å²) in [6.07, 6.45) is 4.44. The van der Waals surface area contributed by atoms with E-state index in [-0.39, 0.29) is 12.0 Å². The van der Waals surface area contributed by atoms with Gasteiger partial charge in [0.1, 0.15) is 5.76 Å². The van der Waals surface area contributed by atoms with E-state index in [9.17, 15) is 4.79 Å². The van der Waals surface area contributed by atoms with Gasteiger partial charge in [0, 0.05) is 30.2 Å². The smallest absolute Gasteiger partial charge is 0.223 e. The van der Waals surface area contributed by atoms with Gasteiger partial charge in [0.05, 0.1) is 18.9 Å². The zero-order valence-electron chi connectivity index (χ0n) is 13.7. The number of thioether (sulfide) groups is 1. The van der Waals surface area contributed by atoms with Crippen molar-refractivity contribution in [3.05, 3.63) is 54.5 Å². The minimum absolute atomic E-state index is 0.158. The molecule has 5 heteroatoms. The lowest BCUT2D eigenvalue weighted by atomic mass is 10.2. The van der Waals surface area contributed by atoms with Gasteiger partial charge < -0.3 is 14.1 Å². The first kappa shape index (κ1) is 17.1. The van der Waals surface area contributed by atoms with Crippen molar-refractivity contribution in [3.63, 3.8) is 0 Å². The molecule has 1 aromatic carbocycles. The zero-order chi connectivity index (χ0) is 16.6. The molecule has 24 heavy (non-hydrogen) atoms. The second-order valence-corrected chi connectivity index (χ2v) is 7.07. The number of carbonyl (C=O) groups is 1. The second kappa shape index (κ2) is 8.94. The molecule has 0 N–H and O–H groups in total. The molecule has 0 saturated carbocycles. The topological polar surface area (TPSA) is 42.7 Å². The number of rotatable bonds is 8. The van der Waals surface area contributed by atoms with Gasteiger partial charge in [-0.25, -0.2) is 0 Å². The van der Waals surface area contributed by atoms with Crippen molar-refractivity contribution in [1.29, 1.82) is 0 Å². The van der Waals surface area contributed by atoms with E-state index in [1.165, 1.54) is 4.90 Å². The highest BCUT2D eigenvalue weighted by molar-refractivity contribution is 7.99. The van der Waals surface area contributed by atoms with Gasteiger partial charge in [0.2, 0.25) is 5.91 Å². The Kier molecular flexibility index (Phi) is 6.38. The van der Waals surface area contributed by atoms with Crippen LogP contribution >= 0.6 is 11.8 Å². The van der Waals surface area contributed by atoms with E-state index in [0.717, 1.165) is 31.0 Å². The summed E-state index contributed by atoms with van der Waals surface area (Å²) in [5, 5.41) is 0. The molecule has 0 spiro atoms. The summed E-state index contributed by atoms with van der Waals surface area (Å²) >= 11 is 1.71. The van der Waals surface area contributed by atoms with Crippen molar-refractivity contribution in [2.24, 2.45) is 0 Å². The number of hydrogen-bond donors (Lipinski definition) is 0. The lowest BCUT2D eigenvalue weighted by Gasteiger charge is -2.24. The molecule has 1 aliphatic rings. The van der Waals surface area contributed by atoms with Crippen LogP contribution < -0.4 is 0 Å². The standard InChI is InChI=1S/C19H23NO3S/c21-19(10-13-24-18-8-2-1-3-9-18)20(14-16-6-4-11-22-16)15-17-7-5-12-23-17/h1-4,6,8-9,11,17H,5,7,10,12-15H2. The van der Waals surface area contributed by atoms with Crippen LogP contribution in [0.1, 0.15) is 25.0 Å². The van der Waals surface area contributed by atoms with Gasteiger partial charge in [0.25, 0.3) is 0 Å². The Bertz CT molecular complexity index is 609. The van der Waals surface area contributed by atoms with Crippen molar-refractivity contribution < 1.29 is 13.9 Å². The van der Waals surface area contributed by atoms with Crippen LogP contribution in [0.15, 0.2) is 58.0 Å². The van der Waals surface area contributed by atoms with E-state index in [1.807, 2.05) is 35.2 Å². The van der Waals surface area contributed by atoms with Gasteiger partial charge in [-0.15, -0.1) is 11.8 Å². The lowest BCUT2D eigenvalue weighted by molar-refractivity contribution is -0.133. The van der Waals surface area contributed by atoms with Gasteiger partial charge in [-0.2, -0.15) is 0 Å². The fourth-order valence-corrected chi connectivity index (χ4v) is 3.67. The average molecular weight is 345 g/mol. The average Bonchev–Trinajstić information content (AvgIpc) is 3.29. The van der Waals surface area contributed by atoms with Crippen LogP contribution in [0.3, 0.4) is 0 Å². The number of carbonyl (C=O) groups excluding carboxylic acids is 1. The van der Waals surface area contributed by atoms with Crippen LogP contribution in [-0.2, 0) is 16.1 Å². The maximum atomic E-state index is 12.7. The third kappa shape index (κ3) is 5.14. The molecule has 3 rings (SSSR count). The van der Waals surface area contributed by atoms with Gasteiger partial charge in [0.15, 0.2) is 0 Å². The van der Waals surface area contributed by atoms with Gasteiger partial charge in [-0.3, -0.25) is 4.79 Å². The van der Waals surface area contributed by atoms with Crippen LogP contribution in [0.4, 0.5) is 0 Å². The third-order valence-corrected chi connectivity index (χ3v) is 5.07. The summed E-state index contributed by atoms with van der Waals surface area (Å²) in [6.45, 7) is 1.97. The highest BCUT2D eigenvalue weighted by Crippen LogP contribution is 2.20. The van der Waals surface area contributed by atoms with E-state index in [0.29, 0.717) is 19.5 Å². The fourth-order valence-electron chi connectivity index (χ4n) is 2.81. The Labute approximate surface area is 147 Å². The monoisotopic (exact) mass is 345 g/mol. The van der Waals surface area contributed by atoms with Crippen LogP contribution in [0.5, 0.6) is 0 Å². The van der Waals surface area contributed by atoms with Gasteiger partial charge >= 0.3 is 0 Å². The number of amides is 1. The molecule has 1 amide bonds. The number of hydrogen-bond acceptors (Lipinski definition) is 4. The minimum Gasteiger partial charge on any atom is -0.467 e. The van der Waals surface area contributed by atoms with Gasteiger partial charge in [-0.05, 0) is 37.1 Å². The first-order valence-electron chi connectivity index (χ1n) is 8.41. The Morgan fingerprint density at radius 2 is 2.08 bits per heavy atom. The van der Waals surface area contributed by atoms with Crippen molar-refractivity contribution in [2.75, 3.05) is 18.9 Å². The lowest BCUT2D eigenvalue weighted by Crippen LogP contribution is -2.37. The first-order valence-corrected chi connectivity index (χ1v) is 9.39. The van der Waals surface area contributed by atoms with Crippen molar-refractivity contribution in [2.45, 2.75) is 36.8 Å². The minimum atomic E-state index is 0.158. The Morgan fingerprint density at radius 1 is 1.21 bits per heavy atom. The molecule has 1 saturated heterocycles. The second-order valence-electron chi connectivity index (χ2n) is 5.90. The zero-order valence-corrected chi connectivity index (χ0v) is 14.5. The van der Waals surface area contributed by atoms with Crippen LogP contribution in [0, 0.1) is 0 Å². The quantitative estimate of drug-likeness (QED) is 0.679. The maximum Gasteiger partial charge on any atom is 0.223 e. The molecule has 2 aromatic rings. The summed E-state index contributed by atoms with van der Waals surface area (Å²) in [4.78, 5) is 15.7. The number of benzene rings is 1. The molecule has 0 radical (unpaired) electrons. The summed E-state index contributed by atoms with van der Waals surface area (Å²) in [5.41, 5.74) is 0. The number of furan rings is 1. The summed E-state index contributed by atoms with van der Waals surface area (Å²) in [7, 11) is 0. The molecule has 1 atom stereocenters. The molecule has 2 heterocycles. The van der Waals surface area contributed by atoms with E-state index in [1.54, 1.807) is 18.0 Å². The molecule has 128 valence electrons. The fraction of sp³-hybridized carbons (Fsp3) is 0.421. The molecule has 0 bridgehead atoms. The SMILES string of the molecule is O=C(CCSc1ccccc1)N(Cc1ccco1)CC1CCCO1. The highest BCUT2D eigenvalue weighted by atomic mass is 32.2. The Hall–Kier alpha value is -1.72. The Balaban J connectivity index is 1.53. The summed E-state index contributed by atoms with van der Waals surface area (Å²) in [5.74, 6) is 1.76. The van der Waals surface area contributed by atoms with Crippen LogP contribution in [0.25, 0.3) is 0 Å².